The number of hydrogen-bond donors (Lipinski definition) is 1. The summed E-state index contributed by atoms with van der Waals surface area (Å²) in [6.45, 7) is 4.80. The molecule has 1 fully saturated rings. The second-order valence-corrected chi connectivity index (χ2v) is 5.19. The van der Waals surface area contributed by atoms with E-state index in [0.717, 1.165) is 37.2 Å². The molecule has 0 bridgehead atoms. The molecule has 2 rings (SSSR count). The number of carbonyl (C=O) groups is 1. The zero-order valence-electron chi connectivity index (χ0n) is 11.3. The van der Waals surface area contributed by atoms with Gasteiger partial charge in [-0.25, -0.2) is 0 Å². The summed E-state index contributed by atoms with van der Waals surface area (Å²) in [4.78, 5) is 14.4. The van der Waals surface area contributed by atoms with E-state index in [9.17, 15) is 4.79 Å². The van der Waals surface area contributed by atoms with Gasteiger partial charge in [0.2, 0.25) is 0 Å². The molecule has 1 aromatic rings. The molecule has 0 aromatic heterocycles. The first kappa shape index (κ1) is 13.1. The van der Waals surface area contributed by atoms with E-state index in [-0.39, 0.29) is 5.91 Å². The second kappa shape index (κ2) is 6.01. The Kier molecular flexibility index (Phi) is 4.37. The molecular formula is C15H22N2O. The van der Waals surface area contributed by atoms with Crippen LogP contribution in [0.15, 0.2) is 24.3 Å². The number of benzene rings is 1. The van der Waals surface area contributed by atoms with Crippen LogP contribution in [0.4, 0.5) is 0 Å². The highest BCUT2D eigenvalue weighted by atomic mass is 16.2. The maximum Gasteiger partial charge on any atom is 0.253 e. The van der Waals surface area contributed by atoms with Crippen molar-refractivity contribution in [3.8, 4) is 0 Å². The summed E-state index contributed by atoms with van der Waals surface area (Å²) in [5.41, 5.74) is 1.96. The summed E-state index contributed by atoms with van der Waals surface area (Å²) < 4.78 is 0. The molecule has 1 aromatic carbocycles. The van der Waals surface area contributed by atoms with Crippen molar-refractivity contribution < 1.29 is 4.79 Å². The van der Waals surface area contributed by atoms with E-state index in [2.05, 4.69) is 5.32 Å². The van der Waals surface area contributed by atoms with Crippen molar-refractivity contribution in [1.82, 2.24) is 10.2 Å². The number of hydrogen-bond acceptors (Lipinski definition) is 2. The fourth-order valence-corrected chi connectivity index (χ4v) is 2.67. The van der Waals surface area contributed by atoms with Gasteiger partial charge in [-0.1, -0.05) is 17.7 Å². The molecule has 0 spiro atoms. The second-order valence-electron chi connectivity index (χ2n) is 5.19. The van der Waals surface area contributed by atoms with Gasteiger partial charge < -0.3 is 10.2 Å². The Bertz CT molecular complexity index is 415. The molecule has 1 atom stereocenters. The van der Waals surface area contributed by atoms with Crippen LogP contribution in [0.25, 0.3) is 0 Å². The number of piperidine rings is 1. The molecular weight excluding hydrogens is 224 g/mol. The standard InChI is InChI=1S/C15H22N2O/c1-12-5-3-7-14(9-12)15(18)17-8-4-6-13(11-17)10-16-2/h3,5,7,9,13,16H,4,6,8,10-11H2,1-2H3/t13-/m0/s1. The van der Waals surface area contributed by atoms with Crippen molar-refractivity contribution in [1.29, 1.82) is 0 Å². The molecule has 98 valence electrons. The maximum atomic E-state index is 12.4. The topological polar surface area (TPSA) is 32.3 Å². The predicted molar refractivity (Wildman–Crippen MR) is 73.7 cm³/mol. The van der Waals surface area contributed by atoms with Crippen LogP contribution in [0.2, 0.25) is 0 Å². The quantitative estimate of drug-likeness (QED) is 0.885. The zero-order valence-corrected chi connectivity index (χ0v) is 11.3. The van der Waals surface area contributed by atoms with Crippen LogP contribution in [-0.2, 0) is 0 Å². The Morgan fingerprint density at radius 1 is 1.50 bits per heavy atom. The third-order valence-corrected chi connectivity index (χ3v) is 3.56. The van der Waals surface area contributed by atoms with Gasteiger partial charge >= 0.3 is 0 Å². The minimum Gasteiger partial charge on any atom is -0.338 e. The number of carbonyl (C=O) groups excluding carboxylic acids is 1. The van der Waals surface area contributed by atoms with Crippen molar-refractivity contribution in [2.24, 2.45) is 5.92 Å². The normalized spacial score (nSPS) is 19.9. The summed E-state index contributed by atoms with van der Waals surface area (Å²) >= 11 is 0. The highest BCUT2D eigenvalue weighted by molar-refractivity contribution is 5.94. The Morgan fingerprint density at radius 3 is 3.06 bits per heavy atom. The Morgan fingerprint density at radius 2 is 2.33 bits per heavy atom. The number of likely N-dealkylation sites (tertiary alicyclic amines) is 1. The number of nitrogens with zero attached hydrogens (tertiary/aromatic N) is 1. The maximum absolute atomic E-state index is 12.4. The van der Waals surface area contributed by atoms with E-state index in [0.29, 0.717) is 5.92 Å². The molecule has 0 aliphatic carbocycles. The third kappa shape index (κ3) is 3.10. The van der Waals surface area contributed by atoms with E-state index in [1.165, 1.54) is 6.42 Å². The fraction of sp³-hybridized carbons (Fsp3) is 0.533. The first-order valence-electron chi connectivity index (χ1n) is 6.71. The van der Waals surface area contributed by atoms with E-state index in [1.807, 2.05) is 43.1 Å². The zero-order chi connectivity index (χ0) is 13.0. The van der Waals surface area contributed by atoms with Crippen LogP contribution in [0.1, 0.15) is 28.8 Å². The van der Waals surface area contributed by atoms with Crippen LogP contribution >= 0.6 is 0 Å². The monoisotopic (exact) mass is 246 g/mol. The van der Waals surface area contributed by atoms with Crippen LogP contribution in [0, 0.1) is 12.8 Å². The SMILES string of the molecule is CNC[C@@H]1CCCN(C(=O)c2cccc(C)c2)C1. The molecule has 1 heterocycles. The molecule has 3 nitrogen and oxygen atoms in total. The molecule has 0 radical (unpaired) electrons. The average molecular weight is 246 g/mol. The third-order valence-electron chi connectivity index (χ3n) is 3.56. The van der Waals surface area contributed by atoms with Crippen LogP contribution in [0.3, 0.4) is 0 Å². The lowest BCUT2D eigenvalue weighted by Gasteiger charge is -2.32. The predicted octanol–water partition coefficient (Wildman–Crippen LogP) is 2.07. The first-order chi connectivity index (χ1) is 8.70. The van der Waals surface area contributed by atoms with Crippen LogP contribution in [0.5, 0.6) is 0 Å². The van der Waals surface area contributed by atoms with Gasteiger partial charge in [-0.2, -0.15) is 0 Å². The Balaban J connectivity index is 2.04. The van der Waals surface area contributed by atoms with Gasteiger partial charge in [-0.15, -0.1) is 0 Å². The minimum atomic E-state index is 0.180. The number of aryl methyl sites for hydroxylation is 1. The number of nitrogens with one attached hydrogen (secondary N) is 1. The van der Waals surface area contributed by atoms with Crippen molar-refractivity contribution in [3.05, 3.63) is 35.4 Å². The first-order valence-corrected chi connectivity index (χ1v) is 6.71. The molecule has 1 N–H and O–H groups in total. The Labute approximate surface area is 109 Å². The lowest BCUT2D eigenvalue weighted by molar-refractivity contribution is 0.0674. The smallest absolute Gasteiger partial charge is 0.253 e. The molecule has 1 saturated heterocycles. The van der Waals surface area contributed by atoms with Gasteiger partial charge in [0.15, 0.2) is 0 Å². The van der Waals surface area contributed by atoms with Crippen molar-refractivity contribution >= 4 is 5.91 Å². The van der Waals surface area contributed by atoms with Crippen LogP contribution < -0.4 is 5.32 Å². The molecule has 1 aliphatic rings. The number of amides is 1. The summed E-state index contributed by atoms with van der Waals surface area (Å²) in [7, 11) is 1.97. The average Bonchev–Trinajstić information content (AvgIpc) is 2.39. The molecule has 18 heavy (non-hydrogen) atoms. The van der Waals surface area contributed by atoms with Crippen molar-refractivity contribution in [2.45, 2.75) is 19.8 Å². The molecule has 0 unspecified atom stereocenters. The van der Waals surface area contributed by atoms with E-state index in [1.54, 1.807) is 0 Å². The fourth-order valence-electron chi connectivity index (χ4n) is 2.67. The van der Waals surface area contributed by atoms with Gasteiger partial charge in [-0.05, 0) is 51.4 Å². The lowest BCUT2D eigenvalue weighted by atomic mass is 9.97. The van der Waals surface area contributed by atoms with E-state index >= 15 is 0 Å². The largest absolute Gasteiger partial charge is 0.338 e. The molecule has 0 saturated carbocycles. The van der Waals surface area contributed by atoms with E-state index in [4.69, 9.17) is 0 Å². The van der Waals surface area contributed by atoms with Crippen molar-refractivity contribution in [3.63, 3.8) is 0 Å². The highest BCUT2D eigenvalue weighted by Crippen LogP contribution is 2.18. The van der Waals surface area contributed by atoms with Gasteiger partial charge in [0, 0.05) is 18.7 Å². The molecule has 1 amide bonds. The van der Waals surface area contributed by atoms with Gasteiger partial charge in [-0.3, -0.25) is 4.79 Å². The summed E-state index contributed by atoms with van der Waals surface area (Å²) in [6, 6.07) is 7.87. The summed E-state index contributed by atoms with van der Waals surface area (Å²) in [6.07, 6.45) is 2.34. The highest BCUT2D eigenvalue weighted by Gasteiger charge is 2.23. The van der Waals surface area contributed by atoms with Gasteiger partial charge in [0.25, 0.3) is 5.91 Å². The van der Waals surface area contributed by atoms with Gasteiger partial charge in [0.05, 0.1) is 0 Å². The Hall–Kier alpha value is -1.35. The summed E-state index contributed by atoms with van der Waals surface area (Å²) in [5, 5.41) is 3.21. The summed E-state index contributed by atoms with van der Waals surface area (Å²) in [5.74, 6) is 0.775. The molecule has 1 aliphatic heterocycles. The molecule has 3 heteroatoms. The lowest BCUT2D eigenvalue weighted by Crippen LogP contribution is -2.42. The van der Waals surface area contributed by atoms with Gasteiger partial charge in [0.1, 0.15) is 0 Å². The van der Waals surface area contributed by atoms with Crippen LogP contribution in [-0.4, -0.2) is 37.5 Å². The van der Waals surface area contributed by atoms with Crippen molar-refractivity contribution in [2.75, 3.05) is 26.7 Å². The number of rotatable bonds is 3. The minimum absolute atomic E-state index is 0.180. The van der Waals surface area contributed by atoms with E-state index < -0.39 is 0 Å².